The van der Waals surface area contributed by atoms with E-state index in [1.165, 1.54) is 0 Å². The molecule has 1 aromatic carbocycles. The van der Waals surface area contributed by atoms with Gasteiger partial charge < -0.3 is 29.6 Å². The molecule has 0 fully saturated rings. The number of carbonyl (C=O) groups is 6. The van der Waals surface area contributed by atoms with Gasteiger partial charge in [0.05, 0.1) is 12.8 Å². The van der Waals surface area contributed by atoms with Crippen molar-refractivity contribution in [3.63, 3.8) is 0 Å². The SMILES string of the molecule is COC(=O)C(COC(C)=O)NC(=O)C(COC(C)=O)NC(=O)c1nc(-c2ccc(NC(=O)OC(C)(C)C)cc2)cs1. The van der Waals surface area contributed by atoms with Gasteiger partial charge in [0.25, 0.3) is 5.91 Å². The maximum absolute atomic E-state index is 12.9. The van der Waals surface area contributed by atoms with Crippen LogP contribution < -0.4 is 16.0 Å². The van der Waals surface area contributed by atoms with Crippen molar-refractivity contribution in [1.29, 1.82) is 0 Å². The van der Waals surface area contributed by atoms with E-state index < -0.39 is 66.7 Å². The Morgan fingerprint density at radius 1 is 0.902 bits per heavy atom. The first-order chi connectivity index (χ1) is 19.2. The van der Waals surface area contributed by atoms with Crippen molar-refractivity contribution in [2.75, 3.05) is 25.6 Å². The largest absolute Gasteiger partial charge is 0.467 e. The number of methoxy groups -OCH3 is 1. The summed E-state index contributed by atoms with van der Waals surface area (Å²) in [5.74, 6) is -3.93. The second kappa shape index (κ2) is 14.7. The second-order valence-electron chi connectivity index (χ2n) is 9.46. The maximum Gasteiger partial charge on any atom is 0.412 e. The van der Waals surface area contributed by atoms with Crippen molar-refractivity contribution in [3.05, 3.63) is 34.7 Å². The van der Waals surface area contributed by atoms with E-state index >= 15 is 0 Å². The topological polar surface area (TPSA) is 188 Å². The van der Waals surface area contributed by atoms with Crippen molar-refractivity contribution in [1.82, 2.24) is 15.6 Å². The van der Waals surface area contributed by atoms with Crippen LogP contribution in [0.1, 0.15) is 44.4 Å². The van der Waals surface area contributed by atoms with Gasteiger partial charge >= 0.3 is 24.0 Å². The maximum atomic E-state index is 12.9. The zero-order chi connectivity index (χ0) is 30.7. The molecule has 2 rings (SSSR count). The molecule has 222 valence electrons. The van der Waals surface area contributed by atoms with Crippen molar-refractivity contribution >= 4 is 52.8 Å². The van der Waals surface area contributed by atoms with E-state index in [4.69, 9.17) is 14.2 Å². The lowest BCUT2D eigenvalue weighted by molar-refractivity contribution is -0.152. The van der Waals surface area contributed by atoms with Crippen LogP contribution in [0.2, 0.25) is 0 Å². The second-order valence-corrected chi connectivity index (χ2v) is 10.3. The normalized spacial score (nSPS) is 12.2. The summed E-state index contributed by atoms with van der Waals surface area (Å²) in [5.41, 5.74) is 0.953. The summed E-state index contributed by atoms with van der Waals surface area (Å²) in [6.07, 6.45) is -0.602. The Morgan fingerprint density at radius 3 is 2.02 bits per heavy atom. The first kappa shape index (κ1) is 32.7. The van der Waals surface area contributed by atoms with Crippen LogP contribution >= 0.6 is 11.3 Å². The molecule has 3 amide bonds. The molecule has 3 N–H and O–H groups in total. The highest BCUT2D eigenvalue weighted by Crippen LogP contribution is 2.24. The summed E-state index contributed by atoms with van der Waals surface area (Å²) in [5, 5.41) is 8.99. The van der Waals surface area contributed by atoms with E-state index in [0.29, 0.717) is 16.9 Å². The Balaban J connectivity index is 2.12. The lowest BCUT2D eigenvalue weighted by Crippen LogP contribution is -2.55. The van der Waals surface area contributed by atoms with Gasteiger partial charge in [0.2, 0.25) is 5.91 Å². The summed E-state index contributed by atoms with van der Waals surface area (Å²) in [6.45, 7) is 6.45. The highest BCUT2D eigenvalue weighted by atomic mass is 32.1. The summed E-state index contributed by atoms with van der Waals surface area (Å²) < 4.78 is 19.5. The number of hydrogen-bond acceptors (Lipinski definition) is 12. The number of hydrogen-bond donors (Lipinski definition) is 3. The lowest BCUT2D eigenvalue weighted by atomic mass is 10.1. The van der Waals surface area contributed by atoms with Crippen LogP contribution in [0.3, 0.4) is 0 Å². The number of aromatic nitrogens is 1. The quantitative estimate of drug-likeness (QED) is 0.256. The molecule has 0 saturated heterocycles. The molecule has 1 aromatic heterocycles. The number of benzene rings is 1. The van der Waals surface area contributed by atoms with Crippen LogP contribution in [0.15, 0.2) is 29.6 Å². The molecular weight excluding hydrogens is 560 g/mol. The summed E-state index contributed by atoms with van der Waals surface area (Å²) >= 11 is 1.00. The van der Waals surface area contributed by atoms with Gasteiger partial charge in [-0.1, -0.05) is 12.1 Å². The summed E-state index contributed by atoms with van der Waals surface area (Å²) in [4.78, 5) is 76.6. The van der Waals surface area contributed by atoms with Crippen LogP contribution in [-0.2, 0) is 38.1 Å². The molecule has 0 aliphatic heterocycles. The summed E-state index contributed by atoms with van der Waals surface area (Å²) in [6, 6.07) is 3.89. The molecule has 0 bridgehead atoms. The van der Waals surface area contributed by atoms with Gasteiger partial charge in [0.1, 0.15) is 24.9 Å². The number of nitrogens with zero attached hydrogens (tertiary/aromatic N) is 1. The third-order valence-corrected chi connectivity index (χ3v) is 5.70. The van der Waals surface area contributed by atoms with Crippen molar-refractivity contribution in [2.45, 2.75) is 52.3 Å². The highest BCUT2D eigenvalue weighted by molar-refractivity contribution is 7.12. The molecule has 2 atom stereocenters. The third-order valence-electron chi connectivity index (χ3n) is 4.85. The molecule has 0 radical (unpaired) electrons. The first-order valence-electron chi connectivity index (χ1n) is 12.2. The summed E-state index contributed by atoms with van der Waals surface area (Å²) in [7, 11) is 1.08. The minimum Gasteiger partial charge on any atom is -0.467 e. The van der Waals surface area contributed by atoms with Gasteiger partial charge in [-0.05, 0) is 32.9 Å². The van der Waals surface area contributed by atoms with Gasteiger partial charge in [-0.2, -0.15) is 0 Å². The highest BCUT2D eigenvalue weighted by Gasteiger charge is 2.30. The molecule has 0 aliphatic rings. The fraction of sp³-hybridized carbons (Fsp3) is 0.423. The van der Waals surface area contributed by atoms with E-state index in [0.717, 1.165) is 32.3 Å². The van der Waals surface area contributed by atoms with Crippen molar-refractivity contribution in [3.8, 4) is 11.3 Å². The van der Waals surface area contributed by atoms with Crippen molar-refractivity contribution in [2.24, 2.45) is 0 Å². The van der Waals surface area contributed by atoms with Gasteiger partial charge in [0, 0.05) is 30.5 Å². The molecule has 2 unspecified atom stereocenters. The van der Waals surface area contributed by atoms with Gasteiger partial charge in [-0.3, -0.25) is 24.5 Å². The van der Waals surface area contributed by atoms with Gasteiger partial charge in [-0.25, -0.2) is 14.6 Å². The molecule has 0 aliphatic carbocycles. The Kier molecular flexibility index (Phi) is 11.7. The minimum absolute atomic E-state index is 0.000937. The zero-order valence-corrected chi connectivity index (χ0v) is 24.2. The Bertz CT molecular complexity index is 1270. The predicted molar refractivity (Wildman–Crippen MR) is 146 cm³/mol. The van der Waals surface area contributed by atoms with Crippen LogP contribution in [0.4, 0.5) is 10.5 Å². The molecule has 0 saturated carbocycles. The van der Waals surface area contributed by atoms with Crippen LogP contribution in [-0.4, -0.2) is 78.8 Å². The zero-order valence-electron chi connectivity index (χ0n) is 23.4. The van der Waals surface area contributed by atoms with Crippen LogP contribution in [0, 0.1) is 0 Å². The van der Waals surface area contributed by atoms with E-state index in [2.05, 4.69) is 25.7 Å². The molecular formula is C26H32N4O10S. The first-order valence-corrected chi connectivity index (χ1v) is 13.1. The average molecular weight is 593 g/mol. The number of anilines is 1. The smallest absolute Gasteiger partial charge is 0.412 e. The van der Waals surface area contributed by atoms with Crippen molar-refractivity contribution < 1.29 is 47.7 Å². The molecule has 1 heterocycles. The minimum atomic E-state index is -1.42. The number of amides is 3. The van der Waals surface area contributed by atoms with Crippen LogP contribution in [0.5, 0.6) is 0 Å². The van der Waals surface area contributed by atoms with E-state index in [9.17, 15) is 28.8 Å². The van der Waals surface area contributed by atoms with Crippen LogP contribution in [0.25, 0.3) is 11.3 Å². The number of rotatable bonds is 11. The third kappa shape index (κ3) is 11.2. The number of esters is 3. The predicted octanol–water partition coefficient (Wildman–Crippen LogP) is 2.04. The number of carbonyl (C=O) groups excluding carboxylic acids is 6. The lowest BCUT2D eigenvalue weighted by Gasteiger charge is -2.21. The monoisotopic (exact) mass is 592 g/mol. The number of nitrogens with one attached hydrogen (secondary N) is 3. The molecule has 41 heavy (non-hydrogen) atoms. The Morgan fingerprint density at radius 2 is 1.49 bits per heavy atom. The number of thiazole rings is 1. The van der Waals surface area contributed by atoms with E-state index in [1.807, 2.05) is 0 Å². The number of ether oxygens (including phenoxy) is 4. The molecule has 0 spiro atoms. The fourth-order valence-electron chi connectivity index (χ4n) is 3.04. The van der Waals surface area contributed by atoms with Gasteiger partial charge in [-0.15, -0.1) is 11.3 Å². The van der Waals surface area contributed by atoms with Gasteiger partial charge in [0.15, 0.2) is 11.0 Å². The Hall–Kier alpha value is -4.53. The molecule has 14 nitrogen and oxygen atoms in total. The van der Waals surface area contributed by atoms with E-state index in [-0.39, 0.29) is 5.01 Å². The fourth-order valence-corrected chi connectivity index (χ4v) is 3.77. The Labute approximate surface area is 240 Å². The molecule has 15 heteroatoms. The van der Waals surface area contributed by atoms with E-state index in [1.54, 1.807) is 50.4 Å². The molecule has 2 aromatic rings. The average Bonchev–Trinajstić information content (AvgIpc) is 3.38. The standard InChI is InChI=1S/C26H32N4O10S/c1-14(31)38-11-18(21(33)29-19(24(35)37-6)12-39-15(2)32)28-22(34)23-30-20(13-41-23)16-7-9-17(10-8-16)27-25(36)40-26(3,4)5/h7-10,13,18-19H,11-12H2,1-6H3,(H,27,36)(H,28,34)(H,29,33).